The molecule has 0 bridgehead atoms. The van der Waals surface area contributed by atoms with E-state index < -0.39 is 0 Å². The molecular formula is C18H31NO. The van der Waals surface area contributed by atoms with Crippen molar-refractivity contribution in [2.24, 2.45) is 5.92 Å². The molecule has 20 heavy (non-hydrogen) atoms. The van der Waals surface area contributed by atoms with Gasteiger partial charge >= 0.3 is 0 Å². The zero-order valence-corrected chi connectivity index (χ0v) is 13.8. The average Bonchev–Trinajstić information content (AvgIpc) is 2.38. The first-order valence-electron chi connectivity index (χ1n) is 7.91. The molecule has 0 heterocycles. The lowest BCUT2D eigenvalue weighted by atomic mass is 10.0. The van der Waals surface area contributed by atoms with E-state index in [1.165, 1.54) is 17.5 Å². The molecule has 0 aromatic heterocycles. The van der Waals surface area contributed by atoms with E-state index in [2.05, 4.69) is 64.2 Å². The molecule has 1 aromatic rings. The van der Waals surface area contributed by atoms with E-state index in [4.69, 9.17) is 4.74 Å². The third kappa shape index (κ3) is 6.53. The summed E-state index contributed by atoms with van der Waals surface area (Å²) in [6.45, 7) is 12.8. The highest BCUT2D eigenvalue weighted by Crippen LogP contribution is 2.21. The van der Waals surface area contributed by atoms with Gasteiger partial charge in [0.1, 0.15) is 0 Å². The molecule has 2 nitrogen and oxygen atoms in total. The highest BCUT2D eigenvalue weighted by atomic mass is 16.5. The number of rotatable bonds is 9. The molecule has 0 fully saturated rings. The normalized spacial score (nSPS) is 13.2. The van der Waals surface area contributed by atoms with Gasteiger partial charge in [0, 0.05) is 19.2 Å². The largest absolute Gasteiger partial charge is 0.372 e. The number of ether oxygens (including phenoxy) is 1. The fraction of sp³-hybridized carbons (Fsp3) is 0.667. The predicted molar refractivity (Wildman–Crippen MR) is 87.1 cm³/mol. The first-order chi connectivity index (χ1) is 9.50. The molecule has 1 aromatic carbocycles. The van der Waals surface area contributed by atoms with E-state index in [1.54, 1.807) is 0 Å². The van der Waals surface area contributed by atoms with Crippen LogP contribution in [0.2, 0.25) is 0 Å². The van der Waals surface area contributed by atoms with Crippen LogP contribution in [0.3, 0.4) is 0 Å². The Bertz CT molecular complexity index is 373. The van der Waals surface area contributed by atoms with Crippen LogP contribution in [-0.4, -0.2) is 19.2 Å². The Morgan fingerprint density at radius 3 is 2.40 bits per heavy atom. The van der Waals surface area contributed by atoms with Crippen LogP contribution in [0.15, 0.2) is 24.3 Å². The summed E-state index contributed by atoms with van der Waals surface area (Å²) in [4.78, 5) is 0. The minimum absolute atomic E-state index is 0.158. The summed E-state index contributed by atoms with van der Waals surface area (Å²) in [5.74, 6) is 0.754. The summed E-state index contributed by atoms with van der Waals surface area (Å²) in [6.07, 6.45) is 2.53. The summed E-state index contributed by atoms with van der Waals surface area (Å²) in [7, 11) is 0. The topological polar surface area (TPSA) is 21.3 Å². The van der Waals surface area contributed by atoms with E-state index in [-0.39, 0.29) is 6.10 Å². The summed E-state index contributed by atoms with van der Waals surface area (Å²) >= 11 is 0. The second-order valence-electron chi connectivity index (χ2n) is 6.32. The van der Waals surface area contributed by atoms with E-state index in [0.717, 1.165) is 25.5 Å². The highest BCUT2D eigenvalue weighted by molar-refractivity contribution is 5.28. The van der Waals surface area contributed by atoms with Crippen LogP contribution in [-0.2, 0) is 4.74 Å². The molecule has 0 saturated carbocycles. The highest BCUT2D eigenvalue weighted by Gasteiger charge is 2.14. The fourth-order valence-corrected chi connectivity index (χ4v) is 2.27. The second kappa shape index (κ2) is 9.15. The lowest BCUT2D eigenvalue weighted by Crippen LogP contribution is -2.29. The van der Waals surface area contributed by atoms with Crippen molar-refractivity contribution in [3.8, 4) is 0 Å². The van der Waals surface area contributed by atoms with Gasteiger partial charge in [-0.2, -0.15) is 0 Å². The maximum atomic E-state index is 6.15. The molecule has 1 rings (SSSR count). The van der Waals surface area contributed by atoms with E-state index in [1.807, 2.05) is 0 Å². The van der Waals surface area contributed by atoms with Crippen LogP contribution in [0.5, 0.6) is 0 Å². The van der Waals surface area contributed by atoms with Gasteiger partial charge in [-0.15, -0.1) is 0 Å². The second-order valence-corrected chi connectivity index (χ2v) is 6.32. The Morgan fingerprint density at radius 1 is 1.10 bits per heavy atom. The minimum Gasteiger partial charge on any atom is -0.372 e. The molecule has 1 N–H and O–H groups in total. The number of aryl methyl sites for hydroxylation is 1. The van der Waals surface area contributed by atoms with Gasteiger partial charge in [0.15, 0.2) is 0 Å². The van der Waals surface area contributed by atoms with E-state index >= 15 is 0 Å². The third-order valence-corrected chi connectivity index (χ3v) is 3.49. The maximum Gasteiger partial charge on any atom is 0.0951 e. The van der Waals surface area contributed by atoms with E-state index in [0.29, 0.717) is 6.04 Å². The molecule has 0 amide bonds. The summed E-state index contributed by atoms with van der Waals surface area (Å²) in [6, 6.07) is 9.02. The molecule has 0 aliphatic heterocycles. The smallest absolute Gasteiger partial charge is 0.0951 e. The Hall–Kier alpha value is -0.860. The molecule has 0 radical (unpaired) electrons. The number of benzene rings is 1. The minimum atomic E-state index is 0.158. The Balaban J connectivity index is 2.58. The molecule has 2 heteroatoms. The van der Waals surface area contributed by atoms with Crippen molar-refractivity contribution < 1.29 is 4.74 Å². The van der Waals surface area contributed by atoms with Crippen LogP contribution in [0, 0.1) is 12.8 Å². The van der Waals surface area contributed by atoms with Crippen LogP contribution in [0.4, 0.5) is 0 Å². The lowest BCUT2D eigenvalue weighted by Gasteiger charge is -2.22. The molecule has 0 saturated heterocycles. The number of hydrogen-bond acceptors (Lipinski definition) is 2. The Kier molecular flexibility index (Phi) is 7.86. The van der Waals surface area contributed by atoms with Gasteiger partial charge in [-0.05, 0) is 36.8 Å². The summed E-state index contributed by atoms with van der Waals surface area (Å²) in [5, 5.41) is 3.50. The van der Waals surface area contributed by atoms with Crippen molar-refractivity contribution in [3.05, 3.63) is 35.4 Å². The molecule has 0 aliphatic rings. The molecule has 1 unspecified atom stereocenters. The van der Waals surface area contributed by atoms with Gasteiger partial charge < -0.3 is 10.1 Å². The van der Waals surface area contributed by atoms with Gasteiger partial charge in [-0.1, -0.05) is 52.0 Å². The average molecular weight is 277 g/mol. The standard InChI is InChI=1S/C18H31NO/c1-14(2)9-8-12-20-18(13-19-15(3)4)17-11-7-6-10-16(17)5/h6-7,10-11,14-15,18-19H,8-9,12-13H2,1-5H3. The van der Waals surface area contributed by atoms with E-state index in [9.17, 15) is 0 Å². The maximum absolute atomic E-state index is 6.15. The van der Waals surface area contributed by atoms with Gasteiger partial charge in [0.2, 0.25) is 0 Å². The molecular weight excluding hydrogens is 246 g/mol. The van der Waals surface area contributed by atoms with Gasteiger partial charge in [0.25, 0.3) is 0 Å². The van der Waals surface area contributed by atoms with Crippen molar-refractivity contribution in [3.63, 3.8) is 0 Å². The number of hydrogen-bond donors (Lipinski definition) is 1. The van der Waals surface area contributed by atoms with Gasteiger partial charge in [-0.25, -0.2) is 0 Å². The predicted octanol–water partition coefficient (Wildman–Crippen LogP) is 4.49. The van der Waals surface area contributed by atoms with Crippen LogP contribution >= 0.6 is 0 Å². The van der Waals surface area contributed by atoms with Crippen molar-refractivity contribution in [1.29, 1.82) is 0 Å². The number of nitrogens with one attached hydrogen (secondary N) is 1. The molecule has 0 aliphatic carbocycles. The zero-order valence-electron chi connectivity index (χ0n) is 13.8. The van der Waals surface area contributed by atoms with Gasteiger partial charge in [0.05, 0.1) is 6.10 Å². The zero-order chi connectivity index (χ0) is 15.0. The third-order valence-electron chi connectivity index (χ3n) is 3.49. The van der Waals surface area contributed by atoms with Crippen molar-refractivity contribution >= 4 is 0 Å². The van der Waals surface area contributed by atoms with Crippen molar-refractivity contribution in [1.82, 2.24) is 5.32 Å². The Morgan fingerprint density at radius 2 is 1.80 bits per heavy atom. The quantitative estimate of drug-likeness (QED) is 0.672. The van der Waals surface area contributed by atoms with Crippen molar-refractivity contribution in [2.45, 2.75) is 59.6 Å². The summed E-state index contributed by atoms with van der Waals surface area (Å²) < 4.78 is 6.15. The van der Waals surface area contributed by atoms with Gasteiger partial charge in [-0.3, -0.25) is 0 Å². The Labute approximate surface area is 124 Å². The fourth-order valence-electron chi connectivity index (χ4n) is 2.27. The van der Waals surface area contributed by atoms with Crippen LogP contribution in [0.25, 0.3) is 0 Å². The molecule has 0 spiro atoms. The first kappa shape index (κ1) is 17.2. The first-order valence-corrected chi connectivity index (χ1v) is 7.91. The molecule has 114 valence electrons. The van der Waals surface area contributed by atoms with Crippen LogP contribution in [0.1, 0.15) is 57.8 Å². The molecule has 1 atom stereocenters. The SMILES string of the molecule is Cc1ccccc1C(CNC(C)C)OCCCC(C)C. The monoisotopic (exact) mass is 277 g/mol. The lowest BCUT2D eigenvalue weighted by molar-refractivity contribution is 0.0470. The summed E-state index contributed by atoms with van der Waals surface area (Å²) in [5.41, 5.74) is 2.62. The van der Waals surface area contributed by atoms with Crippen LogP contribution < -0.4 is 5.32 Å². The van der Waals surface area contributed by atoms with Crippen molar-refractivity contribution in [2.75, 3.05) is 13.2 Å².